The lowest BCUT2D eigenvalue weighted by Crippen LogP contribution is -2.40. The van der Waals surface area contributed by atoms with E-state index in [4.69, 9.17) is 0 Å². The second-order valence-corrected chi connectivity index (χ2v) is 7.45. The van der Waals surface area contributed by atoms with E-state index < -0.39 is 0 Å². The molecule has 0 aromatic carbocycles. The molecular formula is C17H24N4OS. The quantitative estimate of drug-likeness (QED) is 0.864. The molecule has 5 nitrogen and oxygen atoms in total. The molecule has 1 atom stereocenters. The fourth-order valence-electron chi connectivity index (χ4n) is 2.99. The van der Waals surface area contributed by atoms with Gasteiger partial charge in [-0.1, -0.05) is 0 Å². The van der Waals surface area contributed by atoms with Crippen LogP contribution in [0.3, 0.4) is 0 Å². The minimum absolute atomic E-state index is 0.178. The Bertz CT molecular complexity index is 676. The topological polar surface area (TPSA) is 51.0 Å². The Balaban J connectivity index is 1.62. The van der Waals surface area contributed by atoms with Crippen molar-refractivity contribution in [2.75, 3.05) is 13.1 Å². The van der Waals surface area contributed by atoms with Crippen LogP contribution in [-0.2, 0) is 11.2 Å². The number of aryl methyl sites for hydroxylation is 1. The Kier molecular flexibility index (Phi) is 4.80. The van der Waals surface area contributed by atoms with Gasteiger partial charge in [0.15, 0.2) is 0 Å². The maximum atomic E-state index is 12.6. The minimum Gasteiger partial charge on any atom is -0.342 e. The van der Waals surface area contributed by atoms with E-state index in [0.29, 0.717) is 18.4 Å². The van der Waals surface area contributed by atoms with Crippen molar-refractivity contribution in [3.8, 4) is 0 Å². The van der Waals surface area contributed by atoms with Crippen LogP contribution in [0, 0.1) is 6.92 Å². The molecule has 1 aliphatic heterocycles. The van der Waals surface area contributed by atoms with Gasteiger partial charge >= 0.3 is 0 Å². The Hall–Kier alpha value is -1.69. The third-order valence-corrected chi connectivity index (χ3v) is 5.41. The van der Waals surface area contributed by atoms with Gasteiger partial charge in [-0.2, -0.15) is 5.10 Å². The zero-order valence-corrected chi connectivity index (χ0v) is 14.8. The van der Waals surface area contributed by atoms with Gasteiger partial charge in [-0.25, -0.2) is 4.98 Å². The Morgan fingerprint density at radius 1 is 1.48 bits per heavy atom. The van der Waals surface area contributed by atoms with Gasteiger partial charge in [0, 0.05) is 42.3 Å². The largest absolute Gasteiger partial charge is 0.342 e. The van der Waals surface area contributed by atoms with Gasteiger partial charge in [0.1, 0.15) is 0 Å². The first-order valence-electron chi connectivity index (χ1n) is 8.26. The minimum atomic E-state index is 0.178. The molecule has 0 spiro atoms. The molecule has 3 heterocycles. The summed E-state index contributed by atoms with van der Waals surface area (Å²) >= 11 is 1.72. The van der Waals surface area contributed by atoms with Crippen molar-refractivity contribution in [1.82, 2.24) is 19.7 Å². The van der Waals surface area contributed by atoms with E-state index in [-0.39, 0.29) is 5.91 Å². The highest BCUT2D eigenvalue weighted by Gasteiger charge is 2.26. The molecule has 1 aliphatic rings. The Morgan fingerprint density at radius 2 is 2.30 bits per heavy atom. The fourth-order valence-corrected chi connectivity index (χ4v) is 3.92. The normalized spacial score (nSPS) is 18.6. The molecule has 2 aromatic rings. The number of thiazole rings is 1. The number of carbonyl (C=O) groups is 1. The molecule has 1 amide bonds. The van der Waals surface area contributed by atoms with E-state index in [1.54, 1.807) is 11.3 Å². The van der Waals surface area contributed by atoms with E-state index in [1.165, 1.54) is 5.01 Å². The van der Waals surface area contributed by atoms with Gasteiger partial charge in [0.25, 0.3) is 0 Å². The number of likely N-dealkylation sites (tertiary alicyclic amines) is 1. The SMILES string of the molecule is Cc1csc([C@@H]2CCCN(C(=O)Cc3ccn(C(C)C)n3)C2)n1. The summed E-state index contributed by atoms with van der Waals surface area (Å²) in [7, 11) is 0. The van der Waals surface area contributed by atoms with Gasteiger partial charge in [-0.3, -0.25) is 9.48 Å². The van der Waals surface area contributed by atoms with Gasteiger partial charge in [-0.15, -0.1) is 11.3 Å². The summed E-state index contributed by atoms with van der Waals surface area (Å²) in [6, 6.07) is 2.27. The van der Waals surface area contributed by atoms with Crippen LogP contribution in [0.25, 0.3) is 0 Å². The summed E-state index contributed by atoms with van der Waals surface area (Å²) in [6.45, 7) is 7.84. The first-order chi connectivity index (χ1) is 11.0. The maximum Gasteiger partial charge on any atom is 0.228 e. The van der Waals surface area contributed by atoms with Crippen molar-refractivity contribution >= 4 is 17.2 Å². The van der Waals surface area contributed by atoms with Crippen LogP contribution in [0.15, 0.2) is 17.6 Å². The van der Waals surface area contributed by atoms with Gasteiger partial charge in [-0.05, 0) is 39.7 Å². The molecule has 1 fully saturated rings. The number of hydrogen-bond donors (Lipinski definition) is 0. The molecule has 0 radical (unpaired) electrons. The van der Waals surface area contributed by atoms with Crippen LogP contribution in [0.4, 0.5) is 0 Å². The van der Waals surface area contributed by atoms with E-state index >= 15 is 0 Å². The molecule has 0 saturated carbocycles. The fraction of sp³-hybridized carbons (Fsp3) is 0.588. The standard InChI is InChI=1S/C17H24N4OS/c1-12(2)21-8-6-15(19-21)9-16(22)20-7-4-5-14(10-20)17-18-13(3)11-23-17/h6,8,11-12,14H,4-5,7,9-10H2,1-3H3/t14-/m1/s1. The van der Waals surface area contributed by atoms with Gasteiger partial charge < -0.3 is 4.90 Å². The second kappa shape index (κ2) is 6.83. The lowest BCUT2D eigenvalue weighted by Gasteiger charge is -2.31. The third-order valence-electron chi connectivity index (χ3n) is 4.29. The lowest BCUT2D eigenvalue weighted by atomic mass is 9.98. The summed E-state index contributed by atoms with van der Waals surface area (Å²) in [5.41, 5.74) is 1.93. The van der Waals surface area contributed by atoms with Gasteiger partial charge in [0.05, 0.1) is 17.1 Å². The molecule has 0 unspecified atom stereocenters. The van der Waals surface area contributed by atoms with Crippen molar-refractivity contribution in [3.63, 3.8) is 0 Å². The Morgan fingerprint density at radius 3 is 2.96 bits per heavy atom. The van der Waals surface area contributed by atoms with Crippen molar-refractivity contribution in [3.05, 3.63) is 34.0 Å². The molecule has 0 N–H and O–H groups in total. The maximum absolute atomic E-state index is 12.6. The number of nitrogens with zero attached hydrogens (tertiary/aromatic N) is 4. The van der Waals surface area contributed by atoms with Crippen LogP contribution >= 0.6 is 11.3 Å². The van der Waals surface area contributed by atoms with E-state index in [1.807, 2.05) is 28.8 Å². The number of piperidine rings is 1. The van der Waals surface area contributed by atoms with E-state index in [9.17, 15) is 4.79 Å². The van der Waals surface area contributed by atoms with Crippen molar-refractivity contribution in [1.29, 1.82) is 0 Å². The predicted molar refractivity (Wildman–Crippen MR) is 91.7 cm³/mol. The van der Waals surface area contributed by atoms with Crippen LogP contribution in [0.1, 0.15) is 55.0 Å². The number of rotatable bonds is 4. The number of amides is 1. The van der Waals surface area contributed by atoms with Crippen molar-refractivity contribution in [2.24, 2.45) is 0 Å². The highest BCUT2D eigenvalue weighted by Crippen LogP contribution is 2.29. The summed E-state index contributed by atoms with van der Waals surface area (Å²) in [5, 5.41) is 7.75. The van der Waals surface area contributed by atoms with Crippen LogP contribution in [-0.4, -0.2) is 38.7 Å². The second-order valence-electron chi connectivity index (χ2n) is 6.56. The summed E-state index contributed by atoms with van der Waals surface area (Å²) in [6.07, 6.45) is 4.52. The monoisotopic (exact) mass is 332 g/mol. The molecule has 124 valence electrons. The van der Waals surface area contributed by atoms with Crippen molar-refractivity contribution < 1.29 is 4.79 Å². The first-order valence-corrected chi connectivity index (χ1v) is 9.14. The predicted octanol–water partition coefficient (Wildman–Crippen LogP) is 3.18. The Labute approximate surface area is 141 Å². The molecule has 2 aromatic heterocycles. The number of carbonyl (C=O) groups excluding carboxylic acids is 1. The van der Waals surface area contributed by atoms with Crippen LogP contribution < -0.4 is 0 Å². The lowest BCUT2D eigenvalue weighted by molar-refractivity contribution is -0.131. The highest BCUT2D eigenvalue weighted by molar-refractivity contribution is 7.09. The number of aromatic nitrogens is 3. The van der Waals surface area contributed by atoms with Crippen LogP contribution in [0.5, 0.6) is 0 Å². The highest BCUT2D eigenvalue weighted by atomic mass is 32.1. The zero-order chi connectivity index (χ0) is 16.4. The molecule has 3 rings (SSSR count). The summed E-state index contributed by atoms with van der Waals surface area (Å²) in [5.74, 6) is 0.566. The molecule has 23 heavy (non-hydrogen) atoms. The average molecular weight is 332 g/mol. The van der Waals surface area contributed by atoms with Crippen molar-refractivity contribution in [2.45, 2.75) is 52.0 Å². The summed E-state index contributed by atoms with van der Waals surface area (Å²) < 4.78 is 1.90. The molecule has 6 heteroatoms. The zero-order valence-electron chi connectivity index (χ0n) is 14.0. The molecule has 0 aliphatic carbocycles. The van der Waals surface area contributed by atoms with E-state index in [0.717, 1.165) is 37.3 Å². The first kappa shape index (κ1) is 16.2. The smallest absolute Gasteiger partial charge is 0.228 e. The van der Waals surface area contributed by atoms with Crippen LogP contribution in [0.2, 0.25) is 0 Å². The van der Waals surface area contributed by atoms with E-state index in [2.05, 4.69) is 29.3 Å². The third kappa shape index (κ3) is 3.80. The molecular weight excluding hydrogens is 308 g/mol. The van der Waals surface area contributed by atoms with Gasteiger partial charge in [0.2, 0.25) is 5.91 Å². The molecule has 0 bridgehead atoms. The average Bonchev–Trinajstić information content (AvgIpc) is 3.16. The molecule has 1 saturated heterocycles. The number of hydrogen-bond acceptors (Lipinski definition) is 4. The summed E-state index contributed by atoms with van der Waals surface area (Å²) in [4.78, 5) is 19.2.